The molecule has 0 aliphatic heterocycles. The van der Waals surface area contributed by atoms with Crippen LogP contribution in [0.2, 0.25) is 0 Å². The maximum absolute atomic E-state index is 12.2. The Morgan fingerprint density at radius 3 is 2.42 bits per heavy atom. The van der Waals surface area contributed by atoms with Crippen molar-refractivity contribution in [2.24, 2.45) is 0 Å². The van der Waals surface area contributed by atoms with E-state index in [0.717, 1.165) is 22.4 Å². The van der Waals surface area contributed by atoms with E-state index in [1.54, 1.807) is 6.20 Å². The Morgan fingerprint density at radius 1 is 1.04 bits per heavy atom. The highest BCUT2D eigenvalue weighted by Crippen LogP contribution is 2.20. The van der Waals surface area contributed by atoms with E-state index in [-0.39, 0.29) is 12.5 Å². The number of hydrogen-bond acceptors (Lipinski definition) is 4. The van der Waals surface area contributed by atoms with Crippen LogP contribution in [-0.2, 0) is 17.8 Å². The number of anilines is 1. The molecule has 1 amide bonds. The monoisotopic (exact) mass is 347 g/mol. The summed E-state index contributed by atoms with van der Waals surface area (Å²) in [5.74, 6) is 0.407. The lowest BCUT2D eigenvalue weighted by Crippen LogP contribution is -2.15. The number of amides is 1. The smallest absolute Gasteiger partial charge is 0.225 e. The summed E-state index contributed by atoms with van der Waals surface area (Å²) in [5.41, 5.74) is 4.30. The van der Waals surface area contributed by atoms with Crippen molar-refractivity contribution in [1.29, 1.82) is 0 Å². The minimum absolute atomic E-state index is 0.0128. The quantitative estimate of drug-likeness (QED) is 0.715. The molecule has 2 aromatic carbocycles. The van der Waals surface area contributed by atoms with Crippen LogP contribution in [0, 0.1) is 6.92 Å². The minimum atomic E-state index is -0.0775. The number of aliphatic hydroxyl groups excluding tert-OH is 1. The van der Waals surface area contributed by atoms with E-state index in [9.17, 15) is 4.79 Å². The number of carbonyl (C=O) groups is 1. The van der Waals surface area contributed by atoms with Crippen LogP contribution in [0.3, 0.4) is 0 Å². The molecule has 3 aromatic rings. The molecule has 0 spiro atoms. The summed E-state index contributed by atoms with van der Waals surface area (Å²) >= 11 is 0. The fourth-order valence-corrected chi connectivity index (χ4v) is 2.62. The molecule has 5 heteroatoms. The van der Waals surface area contributed by atoms with Crippen LogP contribution >= 0.6 is 0 Å². The zero-order valence-corrected chi connectivity index (χ0v) is 14.6. The van der Waals surface area contributed by atoms with Gasteiger partial charge in [-0.15, -0.1) is 0 Å². The Kier molecular flexibility index (Phi) is 5.71. The molecule has 0 aliphatic rings. The molecule has 132 valence electrons. The van der Waals surface area contributed by atoms with Crippen LogP contribution in [0.1, 0.15) is 23.2 Å². The molecule has 0 saturated heterocycles. The van der Waals surface area contributed by atoms with Gasteiger partial charge in [-0.1, -0.05) is 54.6 Å². The molecule has 0 saturated carbocycles. The second-order valence-electron chi connectivity index (χ2n) is 6.08. The van der Waals surface area contributed by atoms with Gasteiger partial charge >= 0.3 is 0 Å². The van der Waals surface area contributed by atoms with E-state index in [1.807, 2.05) is 61.5 Å². The third kappa shape index (κ3) is 4.52. The molecule has 26 heavy (non-hydrogen) atoms. The van der Waals surface area contributed by atoms with Crippen LogP contribution < -0.4 is 5.32 Å². The first-order chi connectivity index (χ1) is 12.7. The van der Waals surface area contributed by atoms with E-state index < -0.39 is 0 Å². The van der Waals surface area contributed by atoms with Crippen molar-refractivity contribution in [3.8, 4) is 11.3 Å². The van der Waals surface area contributed by atoms with E-state index in [0.29, 0.717) is 24.4 Å². The third-order valence-electron chi connectivity index (χ3n) is 4.12. The highest BCUT2D eigenvalue weighted by molar-refractivity contribution is 5.90. The van der Waals surface area contributed by atoms with Gasteiger partial charge in [-0.2, -0.15) is 0 Å². The van der Waals surface area contributed by atoms with Gasteiger partial charge in [-0.05, 0) is 24.5 Å². The average molecular weight is 347 g/mol. The second-order valence-corrected chi connectivity index (χ2v) is 6.08. The lowest BCUT2D eigenvalue weighted by atomic mass is 10.1. The summed E-state index contributed by atoms with van der Waals surface area (Å²) in [5, 5.41) is 11.9. The number of carbonyl (C=O) groups excluding carboxylic acids is 1. The lowest BCUT2D eigenvalue weighted by molar-refractivity contribution is -0.116. The molecule has 1 heterocycles. The molecule has 0 atom stereocenters. The molecule has 0 bridgehead atoms. The van der Waals surface area contributed by atoms with Crippen molar-refractivity contribution in [2.75, 3.05) is 5.32 Å². The summed E-state index contributed by atoms with van der Waals surface area (Å²) in [7, 11) is 0. The Balaban J connectivity index is 1.64. The zero-order chi connectivity index (χ0) is 18.4. The van der Waals surface area contributed by atoms with Gasteiger partial charge < -0.3 is 10.4 Å². The molecular weight excluding hydrogens is 326 g/mol. The van der Waals surface area contributed by atoms with Crippen LogP contribution in [0.25, 0.3) is 11.3 Å². The normalized spacial score (nSPS) is 10.5. The van der Waals surface area contributed by atoms with Gasteiger partial charge in [0.2, 0.25) is 5.91 Å². The van der Waals surface area contributed by atoms with Crippen molar-refractivity contribution in [1.82, 2.24) is 9.97 Å². The summed E-state index contributed by atoms with van der Waals surface area (Å²) in [4.78, 5) is 21.0. The van der Waals surface area contributed by atoms with Crippen LogP contribution in [0.5, 0.6) is 0 Å². The van der Waals surface area contributed by atoms with Gasteiger partial charge in [0.25, 0.3) is 0 Å². The SMILES string of the molecule is Cc1nc(-c2ccc(CO)cc2)cnc1NC(=O)CCc1ccccc1. The van der Waals surface area contributed by atoms with Crippen LogP contribution in [0.4, 0.5) is 5.82 Å². The molecule has 0 unspecified atom stereocenters. The van der Waals surface area contributed by atoms with E-state index in [1.165, 1.54) is 0 Å². The molecule has 1 aromatic heterocycles. The summed E-state index contributed by atoms with van der Waals surface area (Å²) in [6.07, 6.45) is 2.73. The van der Waals surface area contributed by atoms with Crippen molar-refractivity contribution in [3.05, 3.63) is 77.6 Å². The Bertz CT molecular complexity index is 878. The van der Waals surface area contributed by atoms with Crippen molar-refractivity contribution >= 4 is 11.7 Å². The summed E-state index contributed by atoms with van der Waals surface area (Å²) in [6.45, 7) is 1.84. The number of aliphatic hydroxyl groups is 1. The summed E-state index contributed by atoms with van der Waals surface area (Å²) in [6, 6.07) is 17.4. The molecule has 2 N–H and O–H groups in total. The van der Waals surface area contributed by atoms with E-state index >= 15 is 0 Å². The first-order valence-corrected chi connectivity index (χ1v) is 8.53. The minimum Gasteiger partial charge on any atom is -0.392 e. The highest BCUT2D eigenvalue weighted by atomic mass is 16.3. The Labute approximate surface area is 152 Å². The molecular formula is C21H21N3O2. The average Bonchev–Trinajstić information content (AvgIpc) is 2.69. The van der Waals surface area contributed by atoms with Crippen LogP contribution in [-0.4, -0.2) is 21.0 Å². The number of benzene rings is 2. The van der Waals surface area contributed by atoms with Gasteiger partial charge in [0, 0.05) is 12.0 Å². The van der Waals surface area contributed by atoms with E-state index in [4.69, 9.17) is 5.11 Å². The number of hydrogen-bond donors (Lipinski definition) is 2. The zero-order valence-electron chi connectivity index (χ0n) is 14.6. The predicted molar refractivity (Wildman–Crippen MR) is 102 cm³/mol. The molecule has 0 fully saturated rings. The number of rotatable bonds is 6. The maximum atomic E-state index is 12.2. The van der Waals surface area contributed by atoms with Crippen LogP contribution in [0.15, 0.2) is 60.8 Å². The highest BCUT2D eigenvalue weighted by Gasteiger charge is 2.09. The van der Waals surface area contributed by atoms with Crippen molar-refractivity contribution < 1.29 is 9.90 Å². The van der Waals surface area contributed by atoms with Gasteiger partial charge in [0.1, 0.15) is 0 Å². The standard InChI is InChI=1S/C21H21N3O2/c1-15-21(24-20(26)12-9-16-5-3-2-4-6-16)22-13-19(23-15)18-10-7-17(14-25)8-11-18/h2-8,10-11,13,25H,9,12,14H2,1H3,(H,22,24,26). The number of aromatic nitrogens is 2. The van der Waals surface area contributed by atoms with Gasteiger partial charge in [0.05, 0.1) is 24.2 Å². The maximum Gasteiger partial charge on any atom is 0.225 e. The first-order valence-electron chi connectivity index (χ1n) is 8.53. The molecule has 0 aliphatic carbocycles. The Morgan fingerprint density at radius 2 is 1.77 bits per heavy atom. The van der Waals surface area contributed by atoms with Crippen molar-refractivity contribution in [3.63, 3.8) is 0 Å². The van der Waals surface area contributed by atoms with Gasteiger partial charge in [-0.25, -0.2) is 9.97 Å². The lowest BCUT2D eigenvalue weighted by Gasteiger charge is -2.09. The van der Waals surface area contributed by atoms with Gasteiger partial charge in [-0.3, -0.25) is 4.79 Å². The second kappa shape index (κ2) is 8.36. The fraction of sp³-hybridized carbons (Fsp3) is 0.190. The van der Waals surface area contributed by atoms with E-state index in [2.05, 4.69) is 15.3 Å². The molecule has 3 rings (SSSR count). The van der Waals surface area contributed by atoms with Crippen molar-refractivity contribution in [2.45, 2.75) is 26.4 Å². The number of nitrogens with one attached hydrogen (secondary N) is 1. The summed E-state index contributed by atoms with van der Waals surface area (Å²) < 4.78 is 0. The third-order valence-corrected chi connectivity index (χ3v) is 4.12. The topological polar surface area (TPSA) is 75.1 Å². The Hall–Kier alpha value is -3.05. The largest absolute Gasteiger partial charge is 0.392 e. The number of aryl methyl sites for hydroxylation is 2. The fourth-order valence-electron chi connectivity index (χ4n) is 2.62. The number of nitrogens with zero attached hydrogens (tertiary/aromatic N) is 2. The molecule has 5 nitrogen and oxygen atoms in total. The van der Waals surface area contributed by atoms with Gasteiger partial charge in [0.15, 0.2) is 5.82 Å². The predicted octanol–water partition coefficient (Wildman–Crippen LogP) is 3.52. The first kappa shape index (κ1) is 17.8. The molecule has 0 radical (unpaired) electrons.